The van der Waals surface area contributed by atoms with E-state index >= 15 is 0 Å². The molecule has 6 heteroatoms. The number of carboxylic acid groups (broad SMARTS) is 1. The molecule has 0 aromatic heterocycles. The topological polar surface area (TPSA) is 78.9 Å². The monoisotopic (exact) mass is 256 g/mol. The molecule has 0 saturated carbocycles. The largest absolute Gasteiger partial charge is 0.481 e. The van der Waals surface area contributed by atoms with Crippen LogP contribution in [0.3, 0.4) is 0 Å². The molecular weight excluding hydrogens is 236 g/mol. The molecule has 2 N–H and O–H groups in total. The minimum absolute atomic E-state index is 0.0169. The number of nitrogens with zero attached hydrogens (tertiary/aromatic N) is 1. The number of amides is 1. The molecule has 2 fully saturated rings. The number of aliphatic carboxylic acids is 1. The summed E-state index contributed by atoms with van der Waals surface area (Å²) in [5.41, 5.74) is 0. The first-order chi connectivity index (χ1) is 8.52. The minimum Gasteiger partial charge on any atom is -0.481 e. The molecule has 6 nitrogen and oxygen atoms in total. The summed E-state index contributed by atoms with van der Waals surface area (Å²) in [6.45, 7) is 4.15. The first-order valence-electron chi connectivity index (χ1n) is 6.30. The van der Waals surface area contributed by atoms with Crippen LogP contribution >= 0.6 is 0 Å². The Morgan fingerprint density at radius 3 is 2.56 bits per heavy atom. The van der Waals surface area contributed by atoms with Crippen LogP contribution in [-0.2, 0) is 14.3 Å². The summed E-state index contributed by atoms with van der Waals surface area (Å²) in [5, 5.41) is 12.2. The van der Waals surface area contributed by atoms with E-state index in [4.69, 9.17) is 9.84 Å². The number of rotatable bonds is 4. The number of hydrogen-bond acceptors (Lipinski definition) is 4. The summed E-state index contributed by atoms with van der Waals surface area (Å²) in [4.78, 5) is 24.9. The van der Waals surface area contributed by atoms with Crippen molar-refractivity contribution in [2.24, 2.45) is 17.8 Å². The maximum atomic E-state index is 12.3. The second kappa shape index (κ2) is 5.24. The molecule has 0 radical (unpaired) electrons. The van der Waals surface area contributed by atoms with E-state index in [-0.39, 0.29) is 24.5 Å². The van der Waals surface area contributed by atoms with Gasteiger partial charge in [-0.2, -0.15) is 0 Å². The molecule has 0 aromatic rings. The summed E-state index contributed by atoms with van der Waals surface area (Å²) < 4.78 is 5.20. The van der Waals surface area contributed by atoms with Crippen molar-refractivity contribution >= 4 is 11.9 Å². The van der Waals surface area contributed by atoms with Gasteiger partial charge in [-0.05, 0) is 19.0 Å². The molecule has 0 aliphatic carbocycles. The zero-order chi connectivity index (χ0) is 13.3. The third-order valence-electron chi connectivity index (χ3n) is 4.12. The molecule has 0 spiro atoms. The third kappa shape index (κ3) is 2.35. The molecule has 1 amide bonds. The maximum Gasteiger partial charge on any atom is 0.311 e. The van der Waals surface area contributed by atoms with E-state index < -0.39 is 11.9 Å². The molecule has 0 bridgehead atoms. The van der Waals surface area contributed by atoms with E-state index in [1.165, 1.54) is 0 Å². The van der Waals surface area contributed by atoms with Crippen LogP contribution in [0.25, 0.3) is 0 Å². The smallest absolute Gasteiger partial charge is 0.311 e. The van der Waals surface area contributed by atoms with Crippen molar-refractivity contribution in [3.63, 3.8) is 0 Å². The van der Waals surface area contributed by atoms with Crippen LogP contribution in [0.4, 0.5) is 0 Å². The van der Waals surface area contributed by atoms with E-state index in [0.717, 1.165) is 13.1 Å². The Hall–Kier alpha value is -1.14. The molecule has 2 aliphatic rings. The van der Waals surface area contributed by atoms with Crippen LogP contribution in [0.2, 0.25) is 0 Å². The fraction of sp³-hybridized carbons (Fsp3) is 0.833. The van der Waals surface area contributed by atoms with Crippen molar-refractivity contribution in [1.82, 2.24) is 10.2 Å². The van der Waals surface area contributed by atoms with Gasteiger partial charge in [0.15, 0.2) is 0 Å². The Balaban J connectivity index is 1.98. The number of carbonyl (C=O) groups excluding carboxylic acids is 1. The van der Waals surface area contributed by atoms with Gasteiger partial charge in [-0.15, -0.1) is 0 Å². The Kier molecular flexibility index (Phi) is 3.87. The normalized spacial score (nSPS) is 29.7. The zero-order valence-electron chi connectivity index (χ0n) is 10.8. The number of hydrogen-bond donors (Lipinski definition) is 2. The molecule has 0 aromatic carbocycles. The SMILES string of the molecule is CC(C(=O)N(C)C1COCC1C(=O)O)C1CNC1. The molecule has 2 aliphatic heterocycles. The van der Waals surface area contributed by atoms with Crippen LogP contribution in [0.15, 0.2) is 0 Å². The van der Waals surface area contributed by atoms with Crippen LogP contribution in [0, 0.1) is 17.8 Å². The fourth-order valence-corrected chi connectivity index (χ4v) is 2.51. The number of likely N-dealkylation sites (N-methyl/N-ethyl adjacent to an activating group) is 1. The lowest BCUT2D eigenvalue weighted by Crippen LogP contribution is -2.52. The molecule has 102 valence electrons. The molecule has 3 unspecified atom stereocenters. The van der Waals surface area contributed by atoms with Gasteiger partial charge < -0.3 is 20.1 Å². The predicted molar refractivity (Wildman–Crippen MR) is 64.0 cm³/mol. The molecule has 3 atom stereocenters. The standard InChI is InChI=1S/C12H20N2O4/c1-7(8-3-13-4-8)11(15)14(2)10-6-18-5-9(10)12(16)17/h7-10,13H,3-6H2,1-2H3,(H,16,17). The lowest BCUT2D eigenvalue weighted by Gasteiger charge is -2.36. The van der Waals surface area contributed by atoms with Gasteiger partial charge in [-0.1, -0.05) is 6.92 Å². The average molecular weight is 256 g/mol. The second-order valence-corrected chi connectivity index (χ2v) is 5.21. The summed E-state index contributed by atoms with van der Waals surface area (Å²) in [7, 11) is 1.68. The molecule has 2 rings (SSSR count). The van der Waals surface area contributed by atoms with Gasteiger partial charge in [0.25, 0.3) is 0 Å². The van der Waals surface area contributed by atoms with Crippen molar-refractivity contribution in [3.05, 3.63) is 0 Å². The quantitative estimate of drug-likeness (QED) is 0.702. The summed E-state index contributed by atoms with van der Waals surface area (Å²) in [5.74, 6) is -1.18. The highest BCUT2D eigenvalue weighted by Crippen LogP contribution is 2.24. The number of carboxylic acids is 1. The Morgan fingerprint density at radius 1 is 1.39 bits per heavy atom. The van der Waals surface area contributed by atoms with E-state index in [9.17, 15) is 9.59 Å². The lowest BCUT2D eigenvalue weighted by molar-refractivity contribution is -0.146. The minimum atomic E-state index is -0.893. The van der Waals surface area contributed by atoms with Crippen molar-refractivity contribution in [2.75, 3.05) is 33.4 Å². The van der Waals surface area contributed by atoms with Crippen molar-refractivity contribution < 1.29 is 19.4 Å². The summed E-state index contributed by atoms with van der Waals surface area (Å²) >= 11 is 0. The summed E-state index contributed by atoms with van der Waals surface area (Å²) in [6, 6.07) is -0.342. The van der Waals surface area contributed by atoms with E-state index in [1.54, 1.807) is 11.9 Å². The van der Waals surface area contributed by atoms with Crippen LogP contribution < -0.4 is 5.32 Å². The van der Waals surface area contributed by atoms with E-state index in [2.05, 4.69) is 5.32 Å². The van der Waals surface area contributed by atoms with Gasteiger partial charge in [-0.3, -0.25) is 9.59 Å². The van der Waals surface area contributed by atoms with Crippen LogP contribution in [0.1, 0.15) is 6.92 Å². The van der Waals surface area contributed by atoms with Crippen molar-refractivity contribution in [1.29, 1.82) is 0 Å². The lowest BCUT2D eigenvalue weighted by atomic mass is 9.87. The Bertz CT molecular complexity index is 343. The average Bonchev–Trinajstić information content (AvgIpc) is 2.73. The number of carbonyl (C=O) groups is 2. The maximum absolute atomic E-state index is 12.3. The zero-order valence-corrected chi connectivity index (χ0v) is 10.8. The first kappa shape index (κ1) is 13.3. The van der Waals surface area contributed by atoms with Crippen LogP contribution in [0.5, 0.6) is 0 Å². The highest BCUT2D eigenvalue weighted by molar-refractivity contribution is 5.80. The fourth-order valence-electron chi connectivity index (χ4n) is 2.51. The molecular formula is C12H20N2O4. The van der Waals surface area contributed by atoms with E-state index in [1.807, 2.05) is 6.92 Å². The highest BCUT2D eigenvalue weighted by atomic mass is 16.5. The molecule has 18 heavy (non-hydrogen) atoms. The van der Waals surface area contributed by atoms with Gasteiger partial charge in [0.1, 0.15) is 5.92 Å². The van der Waals surface area contributed by atoms with Gasteiger partial charge in [0.2, 0.25) is 5.91 Å². The van der Waals surface area contributed by atoms with Crippen molar-refractivity contribution in [2.45, 2.75) is 13.0 Å². The van der Waals surface area contributed by atoms with Crippen molar-refractivity contribution in [3.8, 4) is 0 Å². The second-order valence-electron chi connectivity index (χ2n) is 5.21. The Labute approximate surface area is 106 Å². The van der Waals surface area contributed by atoms with E-state index in [0.29, 0.717) is 12.5 Å². The molecule has 2 heterocycles. The van der Waals surface area contributed by atoms with Gasteiger partial charge in [-0.25, -0.2) is 0 Å². The van der Waals surface area contributed by atoms with Gasteiger partial charge >= 0.3 is 5.97 Å². The Morgan fingerprint density at radius 2 is 2.06 bits per heavy atom. The third-order valence-corrected chi connectivity index (χ3v) is 4.12. The van der Waals surface area contributed by atoms with Crippen LogP contribution in [-0.4, -0.2) is 61.3 Å². The number of ether oxygens (including phenoxy) is 1. The highest BCUT2D eigenvalue weighted by Gasteiger charge is 2.40. The van der Waals surface area contributed by atoms with Gasteiger partial charge in [0.05, 0.1) is 19.3 Å². The number of nitrogens with one attached hydrogen (secondary N) is 1. The van der Waals surface area contributed by atoms with Gasteiger partial charge in [0, 0.05) is 13.0 Å². The first-order valence-corrected chi connectivity index (χ1v) is 6.30. The molecule has 2 saturated heterocycles. The summed E-state index contributed by atoms with van der Waals surface area (Å²) in [6.07, 6.45) is 0. The predicted octanol–water partition coefficient (Wildman–Crippen LogP) is -0.600.